The third kappa shape index (κ3) is 65.9. The smallest absolute Gasteiger partial charge is 0.306 e. The van der Waals surface area contributed by atoms with Crippen LogP contribution in [0.5, 0.6) is 0 Å². The van der Waals surface area contributed by atoms with Crippen LogP contribution in [0.3, 0.4) is 0 Å². The first-order valence-corrected chi connectivity index (χ1v) is 34.5. The lowest BCUT2D eigenvalue weighted by Gasteiger charge is -2.15. The molecule has 0 aliphatic carbocycles. The average Bonchev–Trinajstić information content (AvgIpc) is 3.44. The monoisotopic (exact) mass is 1090 g/mol. The van der Waals surface area contributed by atoms with Gasteiger partial charge in [-0.3, -0.25) is 9.59 Å². The molecule has 0 radical (unpaired) electrons. The van der Waals surface area contributed by atoms with Crippen LogP contribution in [0.15, 0.2) is 72.9 Å². The number of hydrogen-bond donors (Lipinski definition) is 1. The number of ether oxygens (including phenoxy) is 2. The second-order valence-corrected chi connectivity index (χ2v) is 23.2. The zero-order valence-corrected chi connectivity index (χ0v) is 52.2. The van der Waals surface area contributed by atoms with Gasteiger partial charge in [-0.2, -0.15) is 0 Å². The van der Waals surface area contributed by atoms with Crippen molar-refractivity contribution in [2.45, 2.75) is 367 Å². The number of unbranched alkanes of at least 4 members (excludes halogenated alkanes) is 44. The van der Waals surface area contributed by atoms with E-state index in [1.54, 1.807) is 0 Å². The predicted octanol–water partition coefficient (Wildman–Crippen LogP) is 23.9. The van der Waals surface area contributed by atoms with E-state index in [0.29, 0.717) is 12.8 Å². The van der Waals surface area contributed by atoms with Crippen LogP contribution in [0.4, 0.5) is 0 Å². The number of rotatable bonds is 64. The van der Waals surface area contributed by atoms with Crippen molar-refractivity contribution < 1.29 is 24.2 Å². The minimum Gasteiger partial charge on any atom is -0.462 e. The Morgan fingerprint density at radius 2 is 0.551 bits per heavy atom. The Morgan fingerprint density at radius 1 is 0.308 bits per heavy atom. The van der Waals surface area contributed by atoms with E-state index in [9.17, 15) is 14.7 Å². The standard InChI is InChI=1S/C73H132O5/c1-3-5-7-9-11-13-15-17-19-21-23-25-27-29-31-33-35-36-38-40-42-44-46-48-50-52-54-56-58-60-62-64-66-68-73(76)78-71(69-74)70-77-72(75)67-65-63-61-59-57-55-53-51-49-47-45-43-41-39-37-34-32-30-28-26-24-22-20-18-16-14-12-10-8-6-4-2/h5,7,11,13,16-19,22-25,71,74H,3-4,6,8-10,12,14-15,20-21,26-70H2,1-2H3/b7-5-,13-11-,18-16-,19-17-,24-22-,25-23-. The van der Waals surface area contributed by atoms with Gasteiger partial charge in [0.2, 0.25) is 0 Å². The second kappa shape index (κ2) is 68.6. The molecule has 0 spiro atoms. The summed E-state index contributed by atoms with van der Waals surface area (Å²) in [6.45, 7) is 4.07. The fourth-order valence-electron chi connectivity index (χ4n) is 10.3. The van der Waals surface area contributed by atoms with E-state index in [4.69, 9.17) is 9.47 Å². The van der Waals surface area contributed by atoms with E-state index in [1.165, 1.54) is 263 Å². The summed E-state index contributed by atoms with van der Waals surface area (Å²) >= 11 is 0. The first kappa shape index (κ1) is 75.3. The first-order chi connectivity index (χ1) is 38.6. The number of aliphatic hydroxyl groups is 1. The maximum absolute atomic E-state index is 12.4. The van der Waals surface area contributed by atoms with Gasteiger partial charge in [-0.05, 0) is 83.5 Å². The summed E-state index contributed by atoms with van der Waals surface area (Å²) in [5, 5.41) is 9.70. The topological polar surface area (TPSA) is 72.8 Å². The largest absolute Gasteiger partial charge is 0.462 e. The van der Waals surface area contributed by atoms with Gasteiger partial charge in [-0.1, -0.05) is 337 Å². The molecule has 0 aromatic heterocycles. The number of aliphatic hydroxyl groups excluding tert-OH is 1. The molecule has 1 atom stereocenters. The third-order valence-electron chi connectivity index (χ3n) is 15.5. The van der Waals surface area contributed by atoms with Crippen molar-refractivity contribution in [3.63, 3.8) is 0 Å². The second-order valence-electron chi connectivity index (χ2n) is 23.2. The Kier molecular flexibility index (Phi) is 66.3. The maximum atomic E-state index is 12.4. The molecule has 5 heteroatoms. The Morgan fingerprint density at radius 3 is 0.833 bits per heavy atom. The first-order valence-electron chi connectivity index (χ1n) is 34.5. The molecular weight excluding hydrogens is 957 g/mol. The van der Waals surface area contributed by atoms with E-state index >= 15 is 0 Å². The molecule has 0 aliphatic rings. The van der Waals surface area contributed by atoms with Gasteiger partial charge in [-0.15, -0.1) is 0 Å². The summed E-state index contributed by atoms with van der Waals surface area (Å²) in [6, 6.07) is 0. The minimum absolute atomic E-state index is 0.0620. The average molecular weight is 1090 g/mol. The molecule has 0 saturated heterocycles. The van der Waals surface area contributed by atoms with E-state index in [2.05, 4.69) is 86.8 Å². The lowest BCUT2D eigenvalue weighted by molar-refractivity contribution is -0.161. The predicted molar refractivity (Wildman–Crippen MR) is 343 cm³/mol. The Balaban J connectivity index is 3.41. The highest BCUT2D eigenvalue weighted by atomic mass is 16.6. The minimum atomic E-state index is -0.773. The molecule has 0 amide bonds. The highest BCUT2D eigenvalue weighted by Crippen LogP contribution is 2.18. The van der Waals surface area contributed by atoms with Crippen LogP contribution in [0.1, 0.15) is 361 Å². The molecule has 0 fully saturated rings. The van der Waals surface area contributed by atoms with Crippen LogP contribution in [-0.4, -0.2) is 36.4 Å². The zero-order valence-electron chi connectivity index (χ0n) is 52.2. The summed E-state index contributed by atoms with van der Waals surface area (Å²) in [6.07, 6.45) is 95.1. The summed E-state index contributed by atoms with van der Waals surface area (Å²) in [4.78, 5) is 24.6. The molecule has 1 N–H and O–H groups in total. The Labute approximate surface area is 486 Å². The van der Waals surface area contributed by atoms with E-state index in [-0.39, 0.29) is 25.2 Å². The summed E-state index contributed by atoms with van der Waals surface area (Å²) in [7, 11) is 0. The molecule has 5 nitrogen and oxygen atoms in total. The molecule has 0 aliphatic heterocycles. The molecule has 454 valence electrons. The van der Waals surface area contributed by atoms with Crippen molar-refractivity contribution in [2.24, 2.45) is 0 Å². The highest BCUT2D eigenvalue weighted by molar-refractivity contribution is 5.70. The summed E-state index contributed by atoms with van der Waals surface area (Å²) in [5.74, 6) is -0.571. The number of hydrogen-bond acceptors (Lipinski definition) is 5. The molecular formula is C73H132O5. The van der Waals surface area contributed by atoms with E-state index in [1.807, 2.05) is 0 Å². The normalized spacial score (nSPS) is 12.6. The van der Waals surface area contributed by atoms with Crippen molar-refractivity contribution in [1.82, 2.24) is 0 Å². The lowest BCUT2D eigenvalue weighted by atomic mass is 10.0. The van der Waals surface area contributed by atoms with Crippen LogP contribution < -0.4 is 0 Å². The lowest BCUT2D eigenvalue weighted by Crippen LogP contribution is -2.28. The molecule has 78 heavy (non-hydrogen) atoms. The molecule has 0 bridgehead atoms. The van der Waals surface area contributed by atoms with Crippen LogP contribution in [-0.2, 0) is 19.1 Å². The van der Waals surface area contributed by atoms with Gasteiger partial charge in [0.1, 0.15) is 6.61 Å². The summed E-state index contributed by atoms with van der Waals surface area (Å²) < 4.78 is 10.8. The quantitative estimate of drug-likeness (QED) is 0.0373. The van der Waals surface area contributed by atoms with E-state index in [0.717, 1.165) is 70.6 Å². The van der Waals surface area contributed by atoms with Gasteiger partial charge in [-0.25, -0.2) is 0 Å². The van der Waals surface area contributed by atoms with Crippen LogP contribution >= 0.6 is 0 Å². The van der Waals surface area contributed by atoms with Crippen molar-refractivity contribution in [3.8, 4) is 0 Å². The van der Waals surface area contributed by atoms with Crippen molar-refractivity contribution in [2.75, 3.05) is 13.2 Å². The number of carbonyl (C=O) groups is 2. The zero-order chi connectivity index (χ0) is 56.2. The number of allylic oxidation sites excluding steroid dienone is 12. The van der Waals surface area contributed by atoms with Crippen molar-refractivity contribution in [3.05, 3.63) is 72.9 Å². The molecule has 1 unspecified atom stereocenters. The Hall–Kier alpha value is -2.66. The van der Waals surface area contributed by atoms with Gasteiger partial charge >= 0.3 is 11.9 Å². The van der Waals surface area contributed by atoms with Gasteiger partial charge in [0.15, 0.2) is 6.10 Å². The molecule has 0 heterocycles. The number of esters is 2. The fraction of sp³-hybridized carbons (Fsp3) is 0.808. The molecule has 0 aromatic carbocycles. The Bertz CT molecular complexity index is 1370. The third-order valence-corrected chi connectivity index (χ3v) is 15.5. The van der Waals surface area contributed by atoms with Crippen molar-refractivity contribution in [1.29, 1.82) is 0 Å². The van der Waals surface area contributed by atoms with Crippen LogP contribution in [0, 0.1) is 0 Å². The SMILES string of the molecule is CC/C=C\C/C=C\C/C=C\C/C=C\CCCCCCCCCCCCCCCCCCCCCCC(=O)OC(CO)COC(=O)CCCCCCCCCCCCCCCCCCCCC/C=C\C/C=C\CCCCCCC. The van der Waals surface area contributed by atoms with Gasteiger partial charge < -0.3 is 14.6 Å². The molecule has 0 aromatic rings. The van der Waals surface area contributed by atoms with Gasteiger partial charge in [0.25, 0.3) is 0 Å². The summed E-state index contributed by atoms with van der Waals surface area (Å²) in [5.41, 5.74) is 0. The van der Waals surface area contributed by atoms with Crippen LogP contribution in [0.2, 0.25) is 0 Å². The van der Waals surface area contributed by atoms with Gasteiger partial charge in [0.05, 0.1) is 6.61 Å². The number of carbonyl (C=O) groups excluding carboxylic acids is 2. The molecule has 0 rings (SSSR count). The van der Waals surface area contributed by atoms with E-state index < -0.39 is 6.10 Å². The van der Waals surface area contributed by atoms with Crippen molar-refractivity contribution >= 4 is 11.9 Å². The molecule has 0 saturated carbocycles. The van der Waals surface area contributed by atoms with Crippen LogP contribution in [0.25, 0.3) is 0 Å². The fourth-order valence-corrected chi connectivity index (χ4v) is 10.3. The highest BCUT2D eigenvalue weighted by Gasteiger charge is 2.16. The maximum Gasteiger partial charge on any atom is 0.306 e. The van der Waals surface area contributed by atoms with Gasteiger partial charge in [0, 0.05) is 12.8 Å².